The van der Waals surface area contributed by atoms with Crippen LogP contribution in [0.25, 0.3) is 122 Å². The van der Waals surface area contributed by atoms with Crippen LogP contribution in [0.3, 0.4) is 0 Å². The number of hydrogen-bond acceptors (Lipinski definition) is 2. The Morgan fingerprint density at radius 1 is 0.221 bits per heavy atom. The maximum absolute atomic E-state index is 5.49. The zero-order valence-corrected chi connectivity index (χ0v) is 37.0. The highest BCUT2D eigenvalue weighted by atomic mass is 15.1. The highest BCUT2D eigenvalue weighted by molar-refractivity contribution is 6.28. The molecule has 9 aromatic carbocycles. The van der Waals surface area contributed by atoms with Gasteiger partial charge < -0.3 is 0 Å². The average Bonchev–Trinajstić information content (AvgIpc) is 3.95. The van der Waals surface area contributed by atoms with Gasteiger partial charge in [0.05, 0.1) is 33.5 Å². The van der Waals surface area contributed by atoms with Crippen LogP contribution in [0.5, 0.6) is 0 Å². The Bertz CT molecular complexity index is 3620. The number of nitrogens with zero attached hydrogens (tertiary/aromatic N) is 4. The fourth-order valence-corrected chi connectivity index (χ4v) is 10.2. The molecule has 68 heavy (non-hydrogen) atoms. The summed E-state index contributed by atoms with van der Waals surface area (Å²) in [5.41, 5.74) is 17.7. The third kappa shape index (κ3) is 6.78. The molecule has 4 nitrogen and oxygen atoms in total. The molecule has 0 bridgehead atoms. The molecule has 0 unspecified atom stereocenters. The molecule has 0 radical (unpaired) electrons. The molecule has 0 N–H and O–H groups in total. The minimum absolute atomic E-state index is 0.866. The number of fused-ring (bicyclic) bond motifs is 7. The summed E-state index contributed by atoms with van der Waals surface area (Å²) < 4.78 is 4.67. The van der Waals surface area contributed by atoms with Crippen molar-refractivity contribution in [3.8, 4) is 78.7 Å². The molecule has 0 saturated heterocycles. The van der Waals surface area contributed by atoms with Crippen LogP contribution in [-0.2, 0) is 0 Å². The fraction of sp³-hybridized carbons (Fsp3) is 0. The van der Waals surface area contributed by atoms with Crippen molar-refractivity contribution in [2.24, 2.45) is 0 Å². The molecule has 0 atom stereocenters. The summed E-state index contributed by atoms with van der Waals surface area (Å²) in [5, 5.41) is 4.73. The Hall–Kier alpha value is -9.12. The summed E-state index contributed by atoms with van der Waals surface area (Å²) in [5.74, 6) is 1.73. The number of para-hydroxylation sites is 2. The summed E-state index contributed by atoms with van der Waals surface area (Å²) in [4.78, 5) is 11.0. The van der Waals surface area contributed by atoms with Crippen molar-refractivity contribution in [1.29, 1.82) is 0 Å². The third-order valence-corrected chi connectivity index (χ3v) is 13.3. The molecule has 4 aromatic heterocycles. The van der Waals surface area contributed by atoms with E-state index in [1.165, 1.54) is 43.8 Å². The molecule has 0 saturated carbocycles. The maximum atomic E-state index is 5.49. The van der Waals surface area contributed by atoms with E-state index in [2.05, 4.69) is 264 Å². The maximum Gasteiger partial charge on any atom is 0.138 e. The lowest BCUT2D eigenvalue weighted by Gasteiger charge is -2.13. The quantitative estimate of drug-likeness (QED) is 0.153. The van der Waals surface area contributed by atoms with E-state index < -0.39 is 0 Å². The summed E-state index contributed by atoms with van der Waals surface area (Å²) in [6.07, 6.45) is 0. The van der Waals surface area contributed by atoms with Crippen molar-refractivity contribution < 1.29 is 0 Å². The van der Waals surface area contributed by atoms with Crippen LogP contribution in [0.15, 0.2) is 255 Å². The molecule has 0 amide bonds. The van der Waals surface area contributed by atoms with Gasteiger partial charge in [0.1, 0.15) is 11.6 Å². The molecule has 0 fully saturated rings. The van der Waals surface area contributed by atoms with E-state index in [1.54, 1.807) is 0 Å². The average molecular weight is 867 g/mol. The molecule has 13 aromatic rings. The molecular weight excluding hydrogens is 825 g/mol. The highest BCUT2D eigenvalue weighted by Crippen LogP contribution is 2.43. The number of pyridine rings is 2. The first-order valence-electron chi connectivity index (χ1n) is 23.1. The van der Waals surface area contributed by atoms with Crippen LogP contribution < -0.4 is 0 Å². The minimum atomic E-state index is 0.866. The Balaban J connectivity index is 0.981. The van der Waals surface area contributed by atoms with Crippen molar-refractivity contribution in [2.75, 3.05) is 0 Å². The van der Waals surface area contributed by atoms with Gasteiger partial charge in [0.15, 0.2) is 0 Å². The van der Waals surface area contributed by atoms with E-state index in [-0.39, 0.29) is 0 Å². The lowest BCUT2D eigenvalue weighted by atomic mass is 9.95. The summed E-state index contributed by atoms with van der Waals surface area (Å²) in [6.45, 7) is 0. The smallest absolute Gasteiger partial charge is 0.138 e. The first-order chi connectivity index (χ1) is 33.7. The van der Waals surface area contributed by atoms with Gasteiger partial charge in [0.25, 0.3) is 0 Å². The van der Waals surface area contributed by atoms with Crippen molar-refractivity contribution in [2.45, 2.75) is 0 Å². The zero-order valence-electron chi connectivity index (χ0n) is 37.0. The van der Waals surface area contributed by atoms with E-state index in [4.69, 9.17) is 9.97 Å². The van der Waals surface area contributed by atoms with Crippen molar-refractivity contribution in [3.05, 3.63) is 255 Å². The predicted molar refractivity (Wildman–Crippen MR) is 283 cm³/mol. The van der Waals surface area contributed by atoms with Crippen LogP contribution in [0.2, 0.25) is 0 Å². The minimum Gasteiger partial charge on any atom is -0.294 e. The lowest BCUT2D eigenvalue weighted by Crippen LogP contribution is -2.00. The second-order valence-electron chi connectivity index (χ2n) is 17.4. The summed E-state index contributed by atoms with van der Waals surface area (Å²) >= 11 is 0. The third-order valence-electron chi connectivity index (χ3n) is 13.3. The van der Waals surface area contributed by atoms with Crippen LogP contribution in [0.1, 0.15) is 0 Å². The molecule has 318 valence electrons. The molecule has 0 aliphatic carbocycles. The van der Waals surface area contributed by atoms with Crippen LogP contribution >= 0.6 is 0 Å². The first-order valence-corrected chi connectivity index (χ1v) is 23.1. The Morgan fingerprint density at radius 3 is 0.882 bits per heavy atom. The Morgan fingerprint density at radius 2 is 0.529 bits per heavy atom. The molecule has 0 aliphatic rings. The Labute approximate surface area is 394 Å². The standard InChI is InChI=1S/C64H42N4/c1-5-19-43(20-6-1)47-37-48(44-21-7-2-8-22-44)40-51(39-47)55-29-17-33-61(65-55)67-57-31-15-13-27-53(57)63-59(67)35-36-60-64(63)54-28-14-16-32-58(54)68(60)62-34-18-30-56(66-62)52-41-49(45-23-9-3-10-24-45)38-50(42-52)46-25-11-4-12-26-46/h1-42H. The fourth-order valence-electron chi connectivity index (χ4n) is 10.2. The van der Waals surface area contributed by atoms with Crippen LogP contribution in [0.4, 0.5) is 0 Å². The van der Waals surface area contributed by atoms with Crippen LogP contribution in [0, 0.1) is 0 Å². The van der Waals surface area contributed by atoms with E-state index >= 15 is 0 Å². The van der Waals surface area contributed by atoms with Gasteiger partial charge in [0.2, 0.25) is 0 Å². The normalized spacial score (nSPS) is 11.5. The van der Waals surface area contributed by atoms with Crippen molar-refractivity contribution >= 4 is 43.6 Å². The monoisotopic (exact) mass is 866 g/mol. The van der Waals surface area contributed by atoms with E-state index in [0.717, 1.165) is 78.5 Å². The molecule has 0 spiro atoms. The van der Waals surface area contributed by atoms with Gasteiger partial charge in [-0.25, -0.2) is 9.97 Å². The van der Waals surface area contributed by atoms with Gasteiger partial charge >= 0.3 is 0 Å². The molecule has 13 rings (SSSR count). The first kappa shape index (κ1) is 39.3. The molecule has 0 aliphatic heterocycles. The highest BCUT2D eigenvalue weighted by Gasteiger charge is 2.22. The molecule has 4 heterocycles. The second kappa shape index (κ2) is 16.4. The second-order valence-corrected chi connectivity index (χ2v) is 17.4. The van der Waals surface area contributed by atoms with Crippen molar-refractivity contribution in [1.82, 2.24) is 19.1 Å². The van der Waals surface area contributed by atoms with Crippen molar-refractivity contribution in [3.63, 3.8) is 0 Å². The van der Waals surface area contributed by atoms with Gasteiger partial charge in [-0.2, -0.15) is 0 Å². The molecular formula is C64H42N4. The van der Waals surface area contributed by atoms with Gasteiger partial charge in [-0.05, 0) is 129 Å². The van der Waals surface area contributed by atoms with Crippen LogP contribution in [-0.4, -0.2) is 19.1 Å². The summed E-state index contributed by atoms with van der Waals surface area (Å²) in [6, 6.07) is 90.9. The topological polar surface area (TPSA) is 35.6 Å². The SMILES string of the molecule is c1ccc(-c2cc(-c3ccccc3)cc(-c3cccc(-n4c5ccccc5c5c6c7ccccc7n(-c7cccc(-c8cc(-c9ccccc9)cc(-c9ccccc9)c8)n7)c6ccc54)n3)c2)cc1. The van der Waals surface area contributed by atoms with Gasteiger partial charge in [-0.15, -0.1) is 0 Å². The number of hydrogen-bond donors (Lipinski definition) is 0. The molecule has 4 heteroatoms. The Kier molecular flexibility index (Phi) is 9.47. The lowest BCUT2D eigenvalue weighted by molar-refractivity contribution is 1.08. The van der Waals surface area contributed by atoms with E-state index in [9.17, 15) is 0 Å². The van der Waals surface area contributed by atoms with Gasteiger partial charge in [-0.1, -0.05) is 170 Å². The number of rotatable bonds is 8. The number of benzene rings is 9. The number of aromatic nitrogens is 4. The van der Waals surface area contributed by atoms with Gasteiger partial charge in [0, 0.05) is 32.7 Å². The van der Waals surface area contributed by atoms with E-state index in [0.29, 0.717) is 0 Å². The van der Waals surface area contributed by atoms with E-state index in [1.807, 2.05) is 0 Å². The summed E-state index contributed by atoms with van der Waals surface area (Å²) in [7, 11) is 0. The predicted octanol–water partition coefficient (Wildman–Crippen LogP) is 16.7. The van der Waals surface area contributed by atoms with Gasteiger partial charge in [-0.3, -0.25) is 9.13 Å². The largest absolute Gasteiger partial charge is 0.294 e. The zero-order chi connectivity index (χ0) is 45.0.